The summed E-state index contributed by atoms with van der Waals surface area (Å²) in [5.41, 5.74) is 1.84. The SMILES string of the molecule is COCCCN(C[C@]1(O)CC[C@H]2c3ccc(cc3C(=O)c3ccc(OC)cc3)C[C@@H](O)CCC(C)=CCC[C@@]21C)S(=O)(=O)c1cccs1. The Kier molecular flexibility index (Phi) is 11.7. The van der Waals surface area contributed by atoms with Gasteiger partial charge in [0.2, 0.25) is 0 Å². The molecule has 1 heterocycles. The van der Waals surface area contributed by atoms with Crippen molar-refractivity contribution >= 4 is 27.1 Å². The first kappa shape index (κ1) is 36.4. The molecule has 10 heteroatoms. The van der Waals surface area contributed by atoms with E-state index in [1.807, 2.05) is 18.2 Å². The van der Waals surface area contributed by atoms with E-state index >= 15 is 0 Å². The summed E-state index contributed by atoms with van der Waals surface area (Å²) in [5, 5.41) is 25.5. The molecule has 260 valence electrons. The number of thiophene rings is 1. The van der Waals surface area contributed by atoms with Crippen molar-refractivity contribution in [3.05, 3.63) is 93.9 Å². The van der Waals surface area contributed by atoms with Crippen LogP contribution in [0.15, 0.2) is 75.8 Å². The van der Waals surface area contributed by atoms with E-state index in [-0.39, 0.29) is 29.0 Å². The highest BCUT2D eigenvalue weighted by Gasteiger charge is 2.58. The van der Waals surface area contributed by atoms with Crippen LogP contribution in [0, 0.1) is 5.41 Å². The third-order valence-electron chi connectivity index (χ3n) is 10.6. The summed E-state index contributed by atoms with van der Waals surface area (Å²) >= 11 is 1.17. The highest BCUT2D eigenvalue weighted by molar-refractivity contribution is 7.91. The number of ketones is 1. The molecule has 0 saturated heterocycles. The van der Waals surface area contributed by atoms with Gasteiger partial charge in [-0.3, -0.25) is 4.79 Å². The van der Waals surface area contributed by atoms with Crippen LogP contribution in [0.5, 0.6) is 5.75 Å². The summed E-state index contributed by atoms with van der Waals surface area (Å²) in [5.74, 6) is 0.300. The number of sulfonamides is 1. The maximum Gasteiger partial charge on any atom is 0.252 e. The number of benzene rings is 2. The molecule has 0 aliphatic heterocycles. The molecule has 3 aromatic rings. The number of fused-ring (bicyclic) bond motifs is 8. The Morgan fingerprint density at radius 2 is 1.85 bits per heavy atom. The number of rotatable bonds is 11. The van der Waals surface area contributed by atoms with Crippen LogP contribution in [0.4, 0.5) is 0 Å². The number of ether oxygens (including phenoxy) is 2. The second kappa shape index (κ2) is 15.4. The molecule has 4 atom stereocenters. The van der Waals surface area contributed by atoms with E-state index < -0.39 is 27.1 Å². The first-order chi connectivity index (χ1) is 22.9. The second-order valence-corrected chi connectivity index (χ2v) is 16.7. The zero-order valence-corrected chi connectivity index (χ0v) is 30.1. The molecule has 0 spiro atoms. The van der Waals surface area contributed by atoms with Gasteiger partial charge in [-0.25, -0.2) is 8.42 Å². The number of allylic oxidation sites excluding steroid dienone is 2. The molecule has 2 aromatic carbocycles. The van der Waals surface area contributed by atoms with Crippen LogP contribution in [0.3, 0.4) is 0 Å². The average molecular weight is 696 g/mol. The molecule has 2 bridgehead atoms. The van der Waals surface area contributed by atoms with Crippen molar-refractivity contribution in [2.24, 2.45) is 5.41 Å². The maximum atomic E-state index is 14.3. The smallest absolute Gasteiger partial charge is 0.252 e. The Morgan fingerprint density at radius 3 is 2.54 bits per heavy atom. The molecule has 48 heavy (non-hydrogen) atoms. The first-order valence-corrected chi connectivity index (χ1v) is 19.1. The lowest BCUT2D eigenvalue weighted by molar-refractivity contribution is -0.0727. The van der Waals surface area contributed by atoms with E-state index in [9.17, 15) is 23.4 Å². The quantitative estimate of drug-likeness (QED) is 0.130. The number of aliphatic hydroxyl groups excluding tert-OH is 1. The molecule has 0 radical (unpaired) electrons. The third-order valence-corrected chi connectivity index (χ3v) is 13.8. The molecule has 1 saturated carbocycles. The fraction of sp³-hybridized carbons (Fsp3) is 0.500. The van der Waals surface area contributed by atoms with Gasteiger partial charge < -0.3 is 19.7 Å². The van der Waals surface area contributed by atoms with E-state index in [0.29, 0.717) is 68.4 Å². The molecular weight excluding hydrogens is 647 g/mol. The predicted octanol–water partition coefficient (Wildman–Crippen LogP) is 6.75. The zero-order valence-electron chi connectivity index (χ0n) is 28.5. The van der Waals surface area contributed by atoms with Gasteiger partial charge >= 0.3 is 0 Å². The van der Waals surface area contributed by atoms with Gasteiger partial charge in [-0.1, -0.05) is 36.8 Å². The van der Waals surface area contributed by atoms with E-state index in [0.717, 1.165) is 17.5 Å². The highest BCUT2D eigenvalue weighted by Crippen LogP contribution is 2.59. The molecule has 3 aliphatic carbocycles. The van der Waals surface area contributed by atoms with Gasteiger partial charge in [-0.05, 0) is 117 Å². The van der Waals surface area contributed by atoms with Crippen LogP contribution in [-0.4, -0.2) is 74.3 Å². The van der Waals surface area contributed by atoms with E-state index in [1.54, 1.807) is 56.0 Å². The molecule has 0 unspecified atom stereocenters. The van der Waals surface area contributed by atoms with E-state index in [2.05, 4.69) is 19.9 Å². The Hall–Kier alpha value is -2.86. The van der Waals surface area contributed by atoms with E-state index in [4.69, 9.17) is 9.47 Å². The second-order valence-electron chi connectivity index (χ2n) is 13.6. The predicted molar refractivity (Wildman–Crippen MR) is 189 cm³/mol. The fourth-order valence-electron chi connectivity index (χ4n) is 7.59. The summed E-state index contributed by atoms with van der Waals surface area (Å²) in [4.78, 5) is 14.3. The molecule has 8 nitrogen and oxygen atoms in total. The molecule has 6 rings (SSSR count). The lowest BCUT2D eigenvalue weighted by Gasteiger charge is -2.46. The maximum absolute atomic E-state index is 14.3. The normalized spacial score (nSPS) is 25.0. The minimum absolute atomic E-state index is 0.0569. The molecular formula is C38H49NO7S2. The van der Waals surface area contributed by atoms with Crippen molar-refractivity contribution in [2.45, 2.75) is 87.0 Å². The third kappa shape index (κ3) is 7.64. The van der Waals surface area contributed by atoms with Gasteiger partial charge in [-0.15, -0.1) is 11.3 Å². The zero-order chi connectivity index (χ0) is 34.5. The Bertz CT molecular complexity index is 1690. The summed E-state index contributed by atoms with van der Waals surface area (Å²) in [6, 6.07) is 16.3. The Balaban J connectivity index is 1.61. The molecule has 1 aromatic heterocycles. The van der Waals surface area contributed by atoms with Crippen LogP contribution < -0.4 is 4.74 Å². The molecule has 2 N–H and O–H groups in total. The van der Waals surface area contributed by atoms with Crippen molar-refractivity contribution < 1.29 is 32.9 Å². The number of aliphatic hydroxyl groups is 2. The molecule has 3 aliphatic rings. The van der Waals surface area contributed by atoms with Gasteiger partial charge in [0.05, 0.1) is 18.8 Å². The lowest BCUT2D eigenvalue weighted by atomic mass is 9.64. The Labute approximate surface area is 289 Å². The van der Waals surface area contributed by atoms with Gasteiger partial charge in [0.15, 0.2) is 5.78 Å². The highest BCUT2D eigenvalue weighted by atomic mass is 32.2. The van der Waals surface area contributed by atoms with Crippen molar-refractivity contribution in [3.8, 4) is 5.75 Å². The summed E-state index contributed by atoms with van der Waals surface area (Å²) in [6.45, 7) is 4.71. The molecule has 1 fully saturated rings. The fourth-order valence-corrected chi connectivity index (χ4v) is 10.3. The number of nitrogens with zero attached hydrogens (tertiary/aromatic N) is 1. The van der Waals surface area contributed by atoms with Crippen LogP contribution >= 0.6 is 11.3 Å². The van der Waals surface area contributed by atoms with Crippen molar-refractivity contribution in [1.82, 2.24) is 4.31 Å². The standard InChI is InChI=1S/C38H49NO7S2/c1-27-8-5-19-37(2)34(18-20-38(37,42)26-39(21-7-22-45-3)48(43,44)35-9-6-23-47-35)32-17-11-28(24-30(40)14-10-27)25-33(32)36(41)29-12-15-31(46-4)16-13-29/h6,8-9,11-13,15-17,23,25,30,34,40,42H,5,7,10,14,18-22,24,26H2,1-4H3/t30-,34-,37-,38+/m0/s1. The summed E-state index contributed by atoms with van der Waals surface area (Å²) in [7, 11) is -0.690. The Morgan fingerprint density at radius 1 is 1.08 bits per heavy atom. The van der Waals surface area contributed by atoms with Crippen molar-refractivity contribution in [1.29, 1.82) is 0 Å². The monoisotopic (exact) mass is 695 g/mol. The average Bonchev–Trinajstić information content (AvgIpc) is 3.71. The van der Waals surface area contributed by atoms with Gasteiger partial charge in [0.25, 0.3) is 10.0 Å². The first-order valence-electron chi connectivity index (χ1n) is 16.8. The van der Waals surface area contributed by atoms with E-state index in [1.165, 1.54) is 21.2 Å². The van der Waals surface area contributed by atoms with Crippen molar-refractivity contribution in [2.75, 3.05) is 33.9 Å². The van der Waals surface area contributed by atoms with Gasteiger partial charge in [-0.2, -0.15) is 4.31 Å². The number of carbonyl (C=O) groups is 1. The van der Waals surface area contributed by atoms with Gasteiger partial charge in [0, 0.05) is 43.3 Å². The minimum atomic E-state index is -3.87. The largest absolute Gasteiger partial charge is 0.497 e. The number of methoxy groups -OCH3 is 2. The molecule has 0 amide bonds. The van der Waals surface area contributed by atoms with Crippen molar-refractivity contribution in [3.63, 3.8) is 0 Å². The number of carbonyl (C=O) groups excluding carboxylic acids is 1. The number of hydrogen-bond acceptors (Lipinski definition) is 8. The minimum Gasteiger partial charge on any atom is -0.497 e. The topological polar surface area (TPSA) is 113 Å². The van der Waals surface area contributed by atoms with Crippen LogP contribution in [-0.2, 0) is 21.2 Å². The van der Waals surface area contributed by atoms with Crippen LogP contribution in [0.25, 0.3) is 0 Å². The lowest BCUT2D eigenvalue weighted by Crippen LogP contribution is -2.54. The summed E-state index contributed by atoms with van der Waals surface area (Å²) < 4.78 is 40.2. The summed E-state index contributed by atoms with van der Waals surface area (Å²) in [6.07, 6.45) is 6.16. The van der Waals surface area contributed by atoms with Gasteiger partial charge in [0.1, 0.15) is 9.96 Å². The van der Waals surface area contributed by atoms with Crippen LogP contribution in [0.1, 0.15) is 91.8 Å². The number of hydrogen-bond donors (Lipinski definition) is 2. The van der Waals surface area contributed by atoms with Crippen LogP contribution in [0.2, 0.25) is 0 Å².